The summed E-state index contributed by atoms with van der Waals surface area (Å²) in [4.78, 5) is 9.30. The minimum Gasteiger partial charge on any atom is -0.397 e. The summed E-state index contributed by atoms with van der Waals surface area (Å²) in [6.07, 6.45) is 6.92. The van der Waals surface area contributed by atoms with E-state index in [9.17, 15) is 0 Å². The fourth-order valence-corrected chi connectivity index (χ4v) is 3.63. The van der Waals surface area contributed by atoms with E-state index >= 15 is 0 Å². The van der Waals surface area contributed by atoms with Crippen molar-refractivity contribution in [2.24, 2.45) is 5.92 Å². The smallest absolute Gasteiger partial charge is 0.147 e. The zero-order valence-corrected chi connectivity index (χ0v) is 12.6. The van der Waals surface area contributed by atoms with Gasteiger partial charge in [0.1, 0.15) is 5.82 Å². The number of halogens is 1. The molecule has 0 aliphatic carbocycles. The Morgan fingerprint density at radius 1 is 1.20 bits per heavy atom. The third-order valence-electron chi connectivity index (χ3n) is 4.47. The lowest BCUT2D eigenvalue weighted by Gasteiger charge is -2.34. The molecular formula is C15H23ClN4. The van der Waals surface area contributed by atoms with Crippen molar-refractivity contribution in [3.63, 3.8) is 0 Å². The van der Waals surface area contributed by atoms with Crippen LogP contribution in [-0.4, -0.2) is 42.6 Å². The highest BCUT2D eigenvalue weighted by Gasteiger charge is 2.24. The highest BCUT2D eigenvalue weighted by molar-refractivity contribution is 6.33. The van der Waals surface area contributed by atoms with E-state index in [0.717, 1.165) is 24.8 Å². The third kappa shape index (κ3) is 3.18. The van der Waals surface area contributed by atoms with Gasteiger partial charge in [0, 0.05) is 19.6 Å². The molecule has 1 aromatic heterocycles. The van der Waals surface area contributed by atoms with E-state index in [-0.39, 0.29) is 0 Å². The first-order valence-corrected chi connectivity index (χ1v) is 7.98. The second-order valence-electron chi connectivity index (χ2n) is 6.01. The van der Waals surface area contributed by atoms with Gasteiger partial charge in [-0.25, -0.2) is 4.98 Å². The molecule has 3 heterocycles. The van der Waals surface area contributed by atoms with Gasteiger partial charge < -0.3 is 15.5 Å². The lowest BCUT2D eigenvalue weighted by atomic mass is 9.96. The predicted molar refractivity (Wildman–Crippen MR) is 84.3 cm³/mol. The van der Waals surface area contributed by atoms with E-state index in [1.54, 1.807) is 12.3 Å². The Morgan fingerprint density at radius 2 is 1.90 bits per heavy atom. The number of nitrogen functional groups attached to an aromatic ring is 1. The first kappa shape index (κ1) is 14.0. The first-order chi connectivity index (χ1) is 9.72. The summed E-state index contributed by atoms with van der Waals surface area (Å²) in [5.74, 6) is 1.72. The van der Waals surface area contributed by atoms with Gasteiger partial charge in [-0.05, 0) is 50.8 Å². The van der Waals surface area contributed by atoms with Crippen LogP contribution in [0, 0.1) is 5.92 Å². The molecule has 0 unspecified atom stereocenters. The average molecular weight is 295 g/mol. The Kier molecular flexibility index (Phi) is 4.32. The molecule has 0 amide bonds. The second kappa shape index (κ2) is 6.19. The van der Waals surface area contributed by atoms with Crippen LogP contribution in [0.3, 0.4) is 0 Å². The summed E-state index contributed by atoms with van der Waals surface area (Å²) in [5.41, 5.74) is 6.33. The number of likely N-dealkylation sites (tertiary alicyclic amines) is 1. The molecule has 0 spiro atoms. The fraction of sp³-hybridized carbons (Fsp3) is 0.667. The van der Waals surface area contributed by atoms with E-state index in [1.165, 1.54) is 45.3 Å². The molecule has 2 aliphatic heterocycles. The van der Waals surface area contributed by atoms with Gasteiger partial charge in [-0.15, -0.1) is 0 Å². The molecule has 0 bridgehead atoms. The Hall–Kier alpha value is -1.00. The van der Waals surface area contributed by atoms with Crippen molar-refractivity contribution in [2.45, 2.75) is 25.7 Å². The van der Waals surface area contributed by atoms with Crippen molar-refractivity contribution >= 4 is 23.1 Å². The van der Waals surface area contributed by atoms with Crippen LogP contribution in [0.15, 0.2) is 12.3 Å². The van der Waals surface area contributed by atoms with Crippen LogP contribution in [-0.2, 0) is 0 Å². The SMILES string of the molecule is Nc1cnc(N2CCC(CN3CCCC3)CC2)c(Cl)c1. The summed E-state index contributed by atoms with van der Waals surface area (Å²) in [6.45, 7) is 5.97. The molecule has 0 saturated carbocycles. The molecule has 20 heavy (non-hydrogen) atoms. The summed E-state index contributed by atoms with van der Waals surface area (Å²) in [6, 6.07) is 1.79. The van der Waals surface area contributed by atoms with Crippen LogP contribution in [0.25, 0.3) is 0 Å². The maximum Gasteiger partial charge on any atom is 0.147 e. The number of hydrogen-bond donors (Lipinski definition) is 1. The molecule has 4 nitrogen and oxygen atoms in total. The fourth-order valence-electron chi connectivity index (χ4n) is 3.34. The van der Waals surface area contributed by atoms with Gasteiger partial charge in [0.05, 0.1) is 16.9 Å². The molecule has 2 N–H and O–H groups in total. The lowest BCUT2D eigenvalue weighted by molar-refractivity contribution is 0.249. The van der Waals surface area contributed by atoms with Crippen LogP contribution >= 0.6 is 11.6 Å². The predicted octanol–water partition coefficient (Wildman–Crippen LogP) is 2.63. The minimum atomic E-state index is 0.627. The minimum absolute atomic E-state index is 0.627. The van der Waals surface area contributed by atoms with Crippen molar-refractivity contribution in [3.8, 4) is 0 Å². The third-order valence-corrected chi connectivity index (χ3v) is 4.75. The number of piperidine rings is 1. The number of aromatic nitrogens is 1. The second-order valence-corrected chi connectivity index (χ2v) is 6.42. The quantitative estimate of drug-likeness (QED) is 0.931. The highest BCUT2D eigenvalue weighted by Crippen LogP contribution is 2.29. The van der Waals surface area contributed by atoms with Gasteiger partial charge in [0.25, 0.3) is 0 Å². The summed E-state index contributed by atoms with van der Waals surface area (Å²) >= 11 is 6.24. The number of nitrogens with zero attached hydrogens (tertiary/aromatic N) is 3. The van der Waals surface area contributed by atoms with Crippen molar-refractivity contribution in [1.82, 2.24) is 9.88 Å². The molecule has 1 aromatic rings. The standard InChI is InChI=1S/C15H23ClN4/c16-14-9-13(17)10-18-15(14)20-7-3-12(4-8-20)11-19-5-1-2-6-19/h9-10,12H,1-8,11,17H2. The Labute approximate surface area is 125 Å². The normalized spacial score (nSPS) is 21.6. The van der Waals surface area contributed by atoms with E-state index in [4.69, 9.17) is 17.3 Å². The number of hydrogen-bond acceptors (Lipinski definition) is 4. The van der Waals surface area contributed by atoms with Crippen molar-refractivity contribution in [2.75, 3.05) is 43.4 Å². The van der Waals surface area contributed by atoms with E-state index < -0.39 is 0 Å². The molecule has 3 rings (SSSR count). The average Bonchev–Trinajstić information content (AvgIpc) is 2.93. The van der Waals surface area contributed by atoms with Crippen LogP contribution in [0.4, 0.5) is 11.5 Å². The Bertz CT molecular complexity index is 451. The summed E-state index contributed by atoms with van der Waals surface area (Å²) in [7, 11) is 0. The van der Waals surface area contributed by atoms with Gasteiger partial charge >= 0.3 is 0 Å². The monoisotopic (exact) mass is 294 g/mol. The van der Waals surface area contributed by atoms with Crippen molar-refractivity contribution in [3.05, 3.63) is 17.3 Å². The van der Waals surface area contributed by atoms with Crippen molar-refractivity contribution in [1.29, 1.82) is 0 Å². The molecule has 0 aromatic carbocycles. The van der Waals surface area contributed by atoms with Gasteiger partial charge in [-0.2, -0.15) is 0 Å². The molecule has 2 fully saturated rings. The van der Waals surface area contributed by atoms with Gasteiger partial charge in [0.2, 0.25) is 0 Å². The number of pyridine rings is 1. The summed E-state index contributed by atoms with van der Waals surface area (Å²) in [5, 5.41) is 0.669. The Morgan fingerprint density at radius 3 is 2.55 bits per heavy atom. The van der Waals surface area contributed by atoms with Crippen LogP contribution < -0.4 is 10.6 Å². The molecule has 0 atom stereocenters. The molecule has 5 heteroatoms. The number of anilines is 2. The van der Waals surface area contributed by atoms with Gasteiger partial charge in [0.15, 0.2) is 0 Å². The van der Waals surface area contributed by atoms with Gasteiger partial charge in [-0.1, -0.05) is 11.6 Å². The van der Waals surface area contributed by atoms with Crippen LogP contribution in [0.2, 0.25) is 5.02 Å². The highest BCUT2D eigenvalue weighted by atomic mass is 35.5. The zero-order valence-electron chi connectivity index (χ0n) is 11.9. The molecule has 2 saturated heterocycles. The zero-order chi connectivity index (χ0) is 13.9. The van der Waals surface area contributed by atoms with E-state index in [1.807, 2.05) is 0 Å². The number of nitrogens with two attached hydrogens (primary N) is 1. The maximum absolute atomic E-state index is 6.24. The topological polar surface area (TPSA) is 45.4 Å². The molecular weight excluding hydrogens is 272 g/mol. The molecule has 0 radical (unpaired) electrons. The largest absolute Gasteiger partial charge is 0.397 e. The molecule has 110 valence electrons. The number of rotatable bonds is 3. The van der Waals surface area contributed by atoms with E-state index in [2.05, 4.69) is 14.8 Å². The lowest BCUT2D eigenvalue weighted by Crippen LogP contribution is -2.38. The van der Waals surface area contributed by atoms with Crippen LogP contribution in [0.1, 0.15) is 25.7 Å². The maximum atomic E-state index is 6.24. The van der Waals surface area contributed by atoms with E-state index in [0.29, 0.717) is 10.7 Å². The Balaban J connectivity index is 1.55. The van der Waals surface area contributed by atoms with Gasteiger partial charge in [-0.3, -0.25) is 0 Å². The first-order valence-electron chi connectivity index (χ1n) is 7.60. The summed E-state index contributed by atoms with van der Waals surface area (Å²) < 4.78 is 0. The molecule has 2 aliphatic rings. The van der Waals surface area contributed by atoms with Crippen LogP contribution in [0.5, 0.6) is 0 Å². The van der Waals surface area contributed by atoms with Crippen molar-refractivity contribution < 1.29 is 0 Å².